The zero-order valence-electron chi connectivity index (χ0n) is 10.1. The third-order valence-corrected chi connectivity index (χ3v) is 5.25. The van der Waals surface area contributed by atoms with Gasteiger partial charge in [0.2, 0.25) is 0 Å². The van der Waals surface area contributed by atoms with Crippen LogP contribution in [0.15, 0.2) is 29.3 Å². The van der Waals surface area contributed by atoms with E-state index in [2.05, 4.69) is 58.7 Å². The minimum atomic E-state index is -0.0188. The molecule has 2 aliphatic heterocycles. The van der Waals surface area contributed by atoms with Crippen LogP contribution < -0.4 is 0 Å². The van der Waals surface area contributed by atoms with E-state index in [9.17, 15) is 0 Å². The van der Waals surface area contributed by atoms with Gasteiger partial charge in [0, 0.05) is 23.1 Å². The molecular weight excluding hydrogens is 323 g/mol. The van der Waals surface area contributed by atoms with Crippen LogP contribution in [0, 0.1) is 0 Å². The third kappa shape index (κ3) is 1.79. The minimum Gasteiger partial charge on any atom is -0.356 e. The number of nitrogens with zero attached hydrogens (tertiary/aromatic N) is 2. The average Bonchev–Trinajstić information content (AvgIpc) is 2.97. The van der Waals surface area contributed by atoms with Crippen LogP contribution in [0.4, 0.5) is 0 Å². The second-order valence-corrected chi connectivity index (χ2v) is 5.85. The maximum Gasteiger partial charge on any atom is 0.132 e. The van der Waals surface area contributed by atoms with E-state index in [0.717, 1.165) is 4.43 Å². The normalized spacial score (nSPS) is 27.2. The van der Waals surface area contributed by atoms with Crippen molar-refractivity contribution in [3.8, 4) is 0 Å². The van der Waals surface area contributed by atoms with Gasteiger partial charge >= 0.3 is 0 Å². The highest BCUT2D eigenvalue weighted by Crippen LogP contribution is 2.38. The van der Waals surface area contributed by atoms with Crippen molar-refractivity contribution in [1.82, 2.24) is 4.90 Å². The molecule has 17 heavy (non-hydrogen) atoms. The Hall–Kier alpha value is -0.580. The van der Waals surface area contributed by atoms with E-state index in [4.69, 9.17) is 4.99 Å². The number of rotatable bonds is 1. The Kier molecular flexibility index (Phi) is 2.89. The topological polar surface area (TPSA) is 15.6 Å². The van der Waals surface area contributed by atoms with Gasteiger partial charge < -0.3 is 4.90 Å². The van der Waals surface area contributed by atoms with Crippen LogP contribution in [0.3, 0.4) is 0 Å². The van der Waals surface area contributed by atoms with Crippen molar-refractivity contribution in [3.05, 3.63) is 35.4 Å². The fourth-order valence-electron chi connectivity index (χ4n) is 2.77. The molecule has 2 aliphatic rings. The molecule has 1 aromatic rings. The van der Waals surface area contributed by atoms with Gasteiger partial charge in [0.25, 0.3) is 0 Å². The molecule has 0 spiro atoms. The summed E-state index contributed by atoms with van der Waals surface area (Å²) >= 11 is 2.45. The van der Waals surface area contributed by atoms with Gasteiger partial charge in [-0.25, -0.2) is 0 Å². The molecule has 2 nitrogen and oxygen atoms in total. The van der Waals surface area contributed by atoms with E-state index in [0.29, 0.717) is 0 Å². The highest BCUT2D eigenvalue weighted by molar-refractivity contribution is 14.1. The SMILES string of the molecule is CC1(CI)N=C(N2CCCC2)c2ccccc21. The van der Waals surface area contributed by atoms with E-state index in [-0.39, 0.29) is 5.54 Å². The summed E-state index contributed by atoms with van der Waals surface area (Å²) in [6, 6.07) is 8.72. The van der Waals surface area contributed by atoms with Crippen molar-refractivity contribution >= 4 is 28.4 Å². The molecule has 1 unspecified atom stereocenters. The van der Waals surface area contributed by atoms with Gasteiger partial charge in [-0.3, -0.25) is 4.99 Å². The summed E-state index contributed by atoms with van der Waals surface area (Å²) in [7, 11) is 0. The van der Waals surface area contributed by atoms with Crippen LogP contribution in [0.25, 0.3) is 0 Å². The van der Waals surface area contributed by atoms with Crippen LogP contribution in [-0.4, -0.2) is 28.3 Å². The molecule has 0 aliphatic carbocycles. The van der Waals surface area contributed by atoms with Crippen molar-refractivity contribution < 1.29 is 0 Å². The average molecular weight is 340 g/mol. The summed E-state index contributed by atoms with van der Waals surface area (Å²) in [5.74, 6) is 1.23. The molecule has 1 saturated heterocycles. The summed E-state index contributed by atoms with van der Waals surface area (Å²) in [6.07, 6.45) is 2.62. The fraction of sp³-hybridized carbons (Fsp3) is 0.500. The number of likely N-dealkylation sites (tertiary alicyclic amines) is 1. The number of amidine groups is 1. The molecular formula is C14H17IN2. The van der Waals surface area contributed by atoms with Crippen molar-refractivity contribution in [2.45, 2.75) is 25.3 Å². The number of hydrogen-bond acceptors (Lipinski definition) is 2. The second kappa shape index (κ2) is 4.26. The smallest absolute Gasteiger partial charge is 0.132 e. The van der Waals surface area contributed by atoms with Crippen LogP contribution in [0.2, 0.25) is 0 Å². The lowest BCUT2D eigenvalue weighted by atomic mass is 9.94. The molecule has 1 fully saturated rings. The molecule has 90 valence electrons. The van der Waals surface area contributed by atoms with Crippen LogP contribution in [0.1, 0.15) is 30.9 Å². The summed E-state index contributed by atoms with van der Waals surface area (Å²) in [5.41, 5.74) is 2.74. The summed E-state index contributed by atoms with van der Waals surface area (Å²) in [6.45, 7) is 4.59. The van der Waals surface area contributed by atoms with Crippen molar-refractivity contribution in [2.24, 2.45) is 4.99 Å². The molecule has 1 aromatic carbocycles. The second-order valence-electron chi connectivity index (χ2n) is 5.08. The first-order valence-corrected chi connectivity index (χ1v) is 7.78. The molecule has 3 rings (SSSR count). The largest absolute Gasteiger partial charge is 0.356 e. The van der Waals surface area contributed by atoms with Gasteiger partial charge in [0.05, 0.1) is 5.54 Å². The first-order valence-electron chi connectivity index (χ1n) is 6.25. The zero-order valence-corrected chi connectivity index (χ0v) is 12.3. The van der Waals surface area contributed by atoms with E-state index < -0.39 is 0 Å². The van der Waals surface area contributed by atoms with Gasteiger partial charge in [-0.05, 0) is 25.3 Å². The molecule has 2 heterocycles. The molecule has 0 bridgehead atoms. The molecule has 0 amide bonds. The maximum absolute atomic E-state index is 5.02. The number of hydrogen-bond donors (Lipinski definition) is 0. The highest BCUT2D eigenvalue weighted by atomic mass is 127. The van der Waals surface area contributed by atoms with Gasteiger partial charge in [0.15, 0.2) is 0 Å². The maximum atomic E-state index is 5.02. The lowest BCUT2D eigenvalue weighted by Crippen LogP contribution is -2.27. The first-order chi connectivity index (χ1) is 8.24. The Labute approximate surface area is 116 Å². The Balaban J connectivity index is 2.07. The predicted octanol–water partition coefficient (Wildman–Crippen LogP) is 3.19. The van der Waals surface area contributed by atoms with Crippen molar-refractivity contribution in [3.63, 3.8) is 0 Å². The molecule has 0 aromatic heterocycles. The molecule has 1 atom stereocenters. The summed E-state index contributed by atoms with van der Waals surface area (Å²) in [5, 5.41) is 0. The Morgan fingerprint density at radius 2 is 2.00 bits per heavy atom. The van der Waals surface area contributed by atoms with E-state index in [1.807, 2.05) is 0 Å². The lowest BCUT2D eigenvalue weighted by Gasteiger charge is -2.19. The molecule has 0 radical (unpaired) electrons. The van der Waals surface area contributed by atoms with Gasteiger partial charge in [0.1, 0.15) is 5.84 Å². The van der Waals surface area contributed by atoms with Crippen LogP contribution >= 0.6 is 22.6 Å². The van der Waals surface area contributed by atoms with E-state index >= 15 is 0 Å². The molecule has 3 heteroatoms. The number of halogens is 1. The number of alkyl halides is 1. The standard InChI is InChI=1S/C14H17IN2/c1-14(10-15)12-7-3-2-6-11(12)13(16-14)17-8-4-5-9-17/h2-3,6-7H,4-5,8-10H2,1H3. The third-order valence-electron chi connectivity index (χ3n) is 3.77. The Bertz CT molecular complexity index is 463. The van der Waals surface area contributed by atoms with Gasteiger partial charge in [-0.2, -0.15) is 0 Å². The first kappa shape index (κ1) is 11.5. The summed E-state index contributed by atoms with van der Waals surface area (Å²) < 4.78 is 1.04. The van der Waals surface area contributed by atoms with Crippen LogP contribution in [-0.2, 0) is 5.54 Å². The number of fused-ring (bicyclic) bond motifs is 1. The van der Waals surface area contributed by atoms with E-state index in [1.165, 1.54) is 42.9 Å². The lowest BCUT2D eigenvalue weighted by molar-refractivity contribution is 0.509. The zero-order chi connectivity index (χ0) is 11.9. The van der Waals surface area contributed by atoms with Crippen LogP contribution in [0.5, 0.6) is 0 Å². The van der Waals surface area contributed by atoms with E-state index in [1.54, 1.807) is 0 Å². The number of aliphatic imine (C=N–C) groups is 1. The monoisotopic (exact) mass is 340 g/mol. The summed E-state index contributed by atoms with van der Waals surface area (Å²) in [4.78, 5) is 7.48. The van der Waals surface area contributed by atoms with Crippen molar-refractivity contribution in [2.75, 3.05) is 17.5 Å². The minimum absolute atomic E-state index is 0.0188. The molecule has 0 N–H and O–H groups in total. The quantitative estimate of drug-likeness (QED) is 0.566. The fourth-order valence-corrected chi connectivity index (χ4v) is 3.36. The molecule has 0 saturated carbocycles. The van der Waals surface area contributed by atoms with Gasteiger partial charge in [-0.15, -0.1) is 0 Å². The Morgan fingerprint density at radius 1 is 1.29 bits per heavy atom. The van der Waals surface area contributed by atoms with Crippen molar-refractivity contribution in [1.29, 1.82) is 0 Å². The number of benzene rings is 1. The highest BCUT2D eigenvalue weighted by Gasteiger charge is 2.36. The predicted molar refractivity (Wildman–Crippen MR) is 80.0 cm³/mol. The van der Waals surface area contributed by atoms with Gasteiger partial charge in [-0.1, -0.05) is 46.9 Å². The Morgan fingerprint density at radius 3 is 2.71 bits per heavy atom.